The molecule has 2 rings (SSSR count). The Bertz CT molecular complexity index is 453. The number of hydrogen-bond donors (Lipinski definition) is 1. The molecule has 1 heterocycles. The molecule has 3 unspecified atom stereocenters. The number of rotatable bonds is 4. The van der Waals surface area contributed by atoms with Crippen molar-refractivity contribution in [2.24, 2.45) is 5.73 Å². The standard InChI is InChI=1S/C13H18FNO2S/c1-9-13(4-5-17-9)18(16)8-10-2-3-12(14)11(6-10)7-15/h2-3,6,9,13H,4-5,7-8,15H2,1H3. The lowest BCUT2D eigenvalue weighted by Crippen LogP contribution is -2.24. The molecule has 1 aromatic carbocycles. The zero-order chi connectivity index (χ0) is 13.1. The Balaban J connectivity index is 2.07. The maximum absolute atomic E-state index is 13.3. The summed E-state index contributed by atoms with van der Waals surface area (Å²) in [5.41, 5.74) is 6.80. The molecule has 2 N–H and O–H groups in total. The third-order valence-electron chi connectivity index (χ3n) is 3.28. The van der Waals surface area contributed by atoms with Gasteiger partial charge in [0.25, 0.3) is 0 Å². The van der Waals surface area contributed by atoms with E-state index in [0.29, 0.717) is 17.9 Å². The van der Waals surface area contributed by atoms with Gasteiger partial charge in [0.15, 0.2) is 0 Å². The quantitative estimate of drug-likeness (QED) is 0.907. The van der Waals surface area contributed by atoms with E-state index < -0.39 is 10.8 Å². The highest BCUT2D eigenvalue weighted by Gasteiger charge is 2.29. The molecule has 0 aliphatic carbocycles. The van der Waals surface area contributed by atoms with Crippen molar-refractivity contribution in [3.8, 4) is 0 Å². The van der Waals surface area contributed by atoms with Crippen LogP contribution in [0.3, 0.4) is 0 Å². The summed E-state index contributed by atoms with van der Waals surface area (Å²) in [4.78, 5) is 0. The summed E-state index contributed by atoms with van der Waals surface area (Å²) >= 11 is 0. The molecule has 3 atom stereocenters. The van der Waals surface area contributed by atoms with E-state index in [0.717, 1.165) is 12.0 Å². The first-order valence-electron chi connectivity index (χ1n) is 6.08. The van der Waals surface area contributed by atoms with Gasteiger partial charge in [0.05, 0.1) is 11.4 Å². The molecule has 3 nitrogen and oxygen atoms in total. The van der Waals surface area contributed by atoms with Crippen LogP contribution in [0.25, 0.3) is 0 Å². The number of ether oxygens (including phenoxy) is 1. The van der Waals surface area contributed by atoms with E-state index in [1.807, 2.05) is 6.92 Å². The number of hydrogen-bond acceptors (Lipinski definition) is 3. The van der Waals surface area contributed by atoms with Gasteiger partial charge in [-0.3, -0.25) is 4.21 Å². The Morgan fingerprint density at radius 3 is 2.94 bits per heavy atom. The first-order valence-corrected chi connectivity index (χ1v) is 7.46. The Kier molecular flexibility index (Phi) is 4.48. The minimum Gasteiger partial charge on any atom is -0.377 e. The molecular weight excluding hydrogens is 253 g/mol. The smallest absolute Gasteiger partial charge is 0.127 e. The summed E-state index contributed by atoms with van der Waals surface area (Å²) < 4.78 is 30.9. The van der Waals surface area contributed by atoms with Crippen molar-refractivity contribution >= 4 is 10.8 Å². The fraction of sp³-hybridized carbons (Fsp3) is 0.538. The summed E-state index contributed by atoms with van der Waals surface area (Å²) in [6.07, 6.45) is 0.874. The fourth-order valence-corrected chi connectivity index (χ4v) is 3.79. The zero-order valence-electron chi connectivity index (χ0n) is 10.4. The van der Waals surface area contributed by atoms with Crippen LogP contribution in [-0.4, -0.2) is 22.2 Å². The molecule has 1 aliphatic heterocycles. The average molecular weight is 271 g/mol. The number of halogens is 1. The second-order valence-corrected chi connectivity index (χ2v) is 6.21. The van der Waals surface area contributed by atoms with Crippen LogP contribution >= 0.6 is 0 Å². The van der Waals surface area contributed by atoms with E-state index in [1.165, 1.54) is 6.07 Å². The van der Waals surface area contributed by atoms with Crippen molar-refractivity contribution in [1.82, 2.24) is 0 Å². The highest BCUT2D eigenvalue weighted by Crippen LogP contribution is 2.21. The van der Waals surface area contributed by atoms with Gasteiger partial charge in [0.1, 0.15) is 5.82 Å². The second kappa shape index (κ2) is 5.91. The minimum atomic E-state index is -0.982. The van der Waals surface area contributed by atoms with Crippen LogP contribution in [0.1, 0.15) is 24.5 Å². The molecule has 1 aliphatic rings. The van der Waals surface area contributed by atoms with Crippen molar-refractivity contribution in [2.45, 2.75) is 37.0 Å². The van der Waals surface area contributed by atoms with Crippen LogP contribution in [0.4, 0.5) is 4.39 Å². The van der Waals surface area contributed by atoms with E-state index in [2.05, 4.69) is 0 Å². The van der Waals surface area contributed by atoms with E-state index in [-0.39, 0.29) is 23.7 Å². The summed E-state index contributed by atoms with van der Waals surface area (Å²) in [6, 6.07) is 4.77. The van der Waals surface area contributed by atoms with Gasteiger partial charge in [-0.2, -0.15) is 0 Å². The maximum atomic E-state index is 13.3. The lowest BCUT2D eigenvalue weighted by Gasteiger charge is -2.14. The van der Waals surface area contributed by atoms with E-state index >= 15 is 0 Å². The topological polar surface area (TPSA) is 52.3 Å². The zero-order valence-corrected chi connectivity index (χ0v) is 11.2. The molecule has 5 heteroatoms. The van der Waals surface area contributed by atoms with E-state index in [9.17, 15) is 8.60 Å². The molecule has 18 heavy (non-hydrogen) atoms. The summed E-state index contributed by atoms with van der Waals surface area (Å²) in [7, 11) is -0.982. The molecule has 1 aromatic rings. The minimum absolute atomic E-state index is 0.0419. The van der Waals surface area contributed by atoms with E-state index in [1.54, 1.807) is 12.1 Å². The highest BCUT2D eigenvalue weighted by atomic mass is 32.2. The van der Waals surface area contributed by atoms with Crippen LogP contribution < -0.4 is 5.73 Å². The molecule has 1 fully saturated rings. The molecule has 0 spiro atoms. The number of nitrogens with two attached hydrogens (primary N) is 1. The van der Waals surface area contributed by atoms with Crippen molar-refractivity contribution < 1.29 is 13.3 Å². The Morgan fingerprint density at radius 1 is 1.56 bits per heavy atom. The molecule has 100 valence electrons. The third kappa shape index (κ3) is 2.96. The monoisotopic (exact) mass is 271 g/mol. The van der Waals surface area contributed by atoms with Gasteiger partial charge in [0.2, 0.25) is 0 Å². The largest absolute Gasteiger partial charge is 0.377 e. The van der Waals surface area contributed by atoms with Gasteiger partial charge in [-0.25, -0.2) is 4.39 Å². The summed E-state index contributed by atoms with van der Waals surface area (Å²) in [5.74, 6) is 0.135. The SMILES string of the molecule is CC1OCCC1S(=O)Cc1ccc(F)c(CN)c1. The van der Waals surface area contributed by atoms with Crippen LogP contribution in [0, 0.1) is 5.82 Å². The Hall–Kier alpha value is -0.780. The van der Waals surface area contributed by atoms with Crippen LogP contribution in [0.15, 0.2) is 18.2 Å². The van der Waals surface area contributed by atoms with Gasteiger partial charge in [-0.05, 0) is 25.0 Å². The predicted octanol–water partition coefficient (Wildman–Crippen LogP) is 1.71. The van der Waals surface area contributed by atoms with Gasteiger partial charge in [-0.1, -0.05) is 12.1 Å². The molecule has 0 saturated carbocycles. The van der Waals surface area contributed by atoms with Crippen LogP contribution in [-0.2, 0) is 27.8 Å². The second-order valence-electron chi connectivity index (χ2n) is 4.56. The highest BCUT2D eigenvalue weighted by molar-refractivity contribution is 7.84. The molecule has 1 saturated heterocycles. The Labute approximate surface area is 109 Å². The lowest BCUT2D eigenvalue weighted by molar-refractivity contribution is 0.127. The normalized spacial score (nSPS) is 25.3. The molecule has 0 amide bonds. The van der Waals surface area contributed by atoms with Gasteiger partial charge in [-0.15, -0.1) is 0 Å². The Morgan fingerprint density at radius 2 is 2.33 bits per heavy atom. The van der Waals surface area contributed by atoms with Crippen molar-refractivity contribution in [1.29, 1.82) is 0 Å². The van der Waals surface area contributed by atoms with Gasteiger partial charge >= 0.3 is 0 Å². The van der Waals surface area contributed by atoms with Crippen molar-refractivity contribution in [3.63, 3.8) is 0 Å². The van der Waals surface area contributed by atoms with E-state index in [4.69, 9.17) is 10.5 Å². The number of benzene rings is 1. The molecule has 0 bridgehead atoms. The van der Waals surface area contributed by atoms with Crippen molar-refractivity contribution in [3.05, 3.63) is 35.1 Å². The van der Waals surface area contributed by atoms with Gasteiger partial charge in [0, 0.05) is 35.3 Å². The third-order valence-corrected chi connectivity index (χ3v) is 5.20. The summed E-state index contributed by atoms with van der Waals surface area (Å²) in [6.45, 7) is 2.79. The predicted molar refractivity (Wildman–Crippen MR) is 70.0 cm³/mol. The first kappa shape index (κ1) is 13.6. The fourth-order valence-electron chi connectivity index (χ4n) is 2.20. The van der Waals surface area contributed by atoms with Crippen molar-refractivity contribution in [2.75, 3.05) is 6.61 Å². The molecule has 0 aromatic heterocycles. The maximum Gasteiger partial charge on any atom is 0.127 e. The molecular formula is C13H18FNO2S. The lowest BCUT2D eigenvalue weighted by atomic mass is 10.1. The van der Waals surface area contributed by atoms with Crippen LogP contribution in [0.2, 0.25) is 0 Å². The summed E-state index contributed by atoms with van der Waals surface area (Å²) in [5, 5.41) is 0.0800. The van der Waals surface area contributed by atoms with Crippen LogP contribution in [0.5, 0.6) is 0 Å². The average Bonchev–Trinajstić information content (AvgIpc) is 2.78. The molecule has 0 radical (unpaired) electrons. The first-order chi connectivity index (χ1) is 8.61. The van der Waals surface area contributed by atoms with Gasteiger partial charge < -0.3 is 10.5 Å².